The molecule has 2 rings (SSSR count). The van der Waals surface area contributed by atoms with Crippen molar-refractivity contribution in [1.29, 1.82) is 0 Å². The molecule has 0 heterocycles. The number of carbonyl (C=O) groups excluding carboxylic acids is 1. The van der Waals surface area contributed by atoms with E-state index >= 15 is 0 Å². The van der Waals surface area contributed by atoms with Crippen LogP contribution in [0.1, 0.15) is 26.3 Å². The van der Waals surface area contributed by atoms with Gasteiger partial charge in [-0.15, -0.1) is 0 Å². The summed E-state index contributed by atoms with van der Waals surface area (Å²) in [6, 6.07) is 18.4. The zero-order chi connectivity index (χ0) is 16.9. The van der Waals surface area contributed by atoms with Crippen LogP contribution in [-0.2, 0) is 11.2 Å². The van der Waals surface area contributed by atoms with Gasteiger partial charge >= 0.3 is 0 Å². The Morgan fingerprint density at radius 3 is 2.13 bits per heavy atom. The van der Waals surface area contributed by atoms with E-state index in [1.165, 1.54) is 5.56 Å². The van der Waals surface area contributed by atoms with Crippen LogP contribution in [0.5, 0.6) is 0 Å². The van der Waals surface area contributed by atoms with Crippen molar-refractivity contribution in [2.75, 3.05) is 6.54 Å². The number of benzene rings is 2. The fourth-order valence-electron chi connectivity index (χ4n) is 2.42. The first-order chi connectivity index (χ1) is 10.9. The van der Waals surface area contributed by atoms with Crippen LogP contribution in [0, 0.1) is 5.92 Å². The quantitative estimate of drug-likeness (QED) is 0.859. The highest BCUT2D eigenvalue weighted by Gasteiger charge is 2.28. The summed E-state index contributed by atoms with van der Waals surface area (Å²) in [4.78, 5) is 12.3. The molecule has 0 spiro atoms. The Kier molecular flexibility index (Phi) is 5.56. The molecule has 1 amide bonds. The second-order valence-electron chi connectivity index (χ2n) is 6.56. The van der Waals surface area contributed by atoms with Crippen molar-refractivity contribution >= 4 is 5.91 Å². The minimum absolute atomic E-state index is 0.0131. The van der Waals surface area contributed by atoms with Gasteiger partial charge in [0.25, 0.3) is 0 Å². The zero-order valence-electron chi connectivity index (χ0n) is 14.2. The second kappa shape index (κ2) is 7.42. The van der Waals surface area contributed by atoms with E-state index in [0.29, 0.717) is 13.0 Å². The molecule has 122 valence electrons. The number of hydrogen-bond donors (Lipinski definition) is 2. The van der Waals surface area contributed by atoms with Crippen LogP contribution in [0.4, 0.5) is 0 Å². The summed E-state index contributed by atoms with van der Waals surface area (Å²) in [5, 5.41) is 3.07. The molecule has 2 aromatic rings. The highest BCUT2D eigenvalue weighted by Crippen LogP contribution is 2.20. The van der Waals surface area contributed by atoms with Crippen molar-refractivity contribution in [3.63, 3.8) is 0 Å². The third kappa shape index (κ3) is 4.42. The van der Waals surface area contributed by atoms with Gasteiger partial charge in [-0.3, -0.25) is 4.79 Å². The molecule has 1 atom stereocenters. The van der Waals surface area contributed by atoms with Crippen LogP contribution in [0.2, 0.25) is 0 Å². The van der Waals surface area contributed by atoms with Gasteiger partial charge in [-0.1, -0.05) is 68.4 Å². The molecule has 0 aliphatic carbocycles. The molecule has 0 aromatic heterocycles. The first kappa shape index (κ1) is 17.2. The average Bonchev–Trinajstić information content (AvgIpc) is 2.56. The molecule has 0 aliphatic heterocycles. The van der Waals surface area contributed by atoms with Crippen LogP contribution in [0.3, 0.4) is 0 Å². The molecule has 0 aliphatic rings. The van der Waals surface area contributed by atoms with Gasteiger partial charge in [-0.25, -0.2) is 0 Å². The van der Waals surface area contributed by atoms with E-state index in [1.807, 2.05) is 37.3 Å². The van der Waals surface area contributed by atoms with Gasteiger partial charge in [0.15, 0.2) is 0 Å². The third-order valence-electron chi connectivity index (χ3n) is 4.55. The molecule has 0 radical (unpaired) electrons. The first-order valence-corrected chi connectivity index (χ1v) is 8.10. The van der Waals surface area contributed by atoms with Crippen molar-refractivity contribution in [2.24, 2.45) is 11.7 Å². The fourth-order valence-corrected chi connectivity index (χ4v) is 2.42. The lowest BCUT2D eigenvalue weighted by Gasteiger charge is -2.33. The third-order valence-corrected chi connectivity index (χ3v) is 4.55. The van der Waals surface area contributed by atoms with Gasteiger partial charge in [-0.2, -0.15) is 0 Å². The molecule has 3 heteroatoms. The number of nitrogens with two attached hydrogens (primary N) is 1. The van der Waals surface area contributed by atoms with Crippen LogP contribution in [0.15, 0.2) is 54.6 Å². The van der Waals surface area contributed by atoms with Gasteiger partial charge < -0.3 is 11.1 Å². The second-order valence-corrected chi connectivity index (χ2v) is 6.56. The fraction of sp³-hybridized carbons (Fsp3) is 0.350. The average molecular weight is 310 g/mol. The number of rotatable bonds is 6. The zero-order valence-corrected chi connectivity index (χ0v) is 14.2. The number of hydrogen-bond acceptors (Lipinski definition) is 2. The van der Waals surface area contributed by atoms with Gasteiger partial charge in [0, 0.05) is 6.54 Å². The van der Waals surface area contributed by atoms with Crippen LogP contribution in [0.25, 0.3) is 11.1 Å². The minimum Gasteiger partial charge on any atom is -0.349 e. The van der Waals surface area contributed by atoms with E-state index in [4.69, 9.17) is 5.73 Å². The Morgan fingerprint density at radius 1 is 1.04 bits per heavy atom. The molecule has 3 nitrogen and oxygen atoms in total. The van der Waals surface area contributed by atoms with E-state index in [1.54, 1.807) is 0 Å². The molecule has 0 saturated carbocycles. The van der Waals surface area contributed by atoms with E-state index < -0.39 is 0 Å². The van der Waals surface area contributed by atoms with Crippen LogP contribution >= 0.6 is 0 Å². The predicted molar refractivity (Wildman–Crippen MR) is 96.0 cm³/mol. The number of amides is 1. The first-order valence-electron chi connectivity index (χ1n) is 8.10. The van der Waals surface area contributed by atoms with E-state index in [9.17, 15) is 4.79 Å². The predicted octanol–water partition coefficient (Wildman–Crippen LogP) is 3.39. The molecule has 23 heavy (non-hydrogen) atoms. The monoisotopic (exact) mass is 310 g/mol. The van der Waals surface area contributed by atoms with Gasteiger partial charge in [-0.05, 0) is 29.5 Å². The minimum atomic E-state index is -0.360. The Balaban J connectivity index is 2.02. The summed E-state index contributed by atoms with van der Waals surface area (Å²) >= 11 is 0. The lowest BCUT2D eigenvalue weighted by atomic mass is 9.88. The normalized spacial score (nSPS) is 13.6. The maximum Gasteiger partial charge on any atom is 0.224 e. The lowest BCUT2D eigenvalue weighted by molar-refractivity contribution is -0.122. The van der Waals surface area contributed by atoms with Gasteiger partial charge in [0.1, 0.15) is 0 Å². The standard InChI is InChI=1S/C20H26N2O/c1-15(2)20(3,14-21)22-19(23)13-16-9-11-18(12-10-16)17-7-5-4-6-8-17/h4-12,15H,13-14,21H2,1-3H3,(H,22,23). The van der Waals surface area contributed by atoms with E-state index in [2.05, 4.69) is 43.4 Å². The summed E-state index contributed by atoms with van der Waals surface area (Å²) < 4.78 is 0. The van der Waals surface area contributed by atoms with Crippen molar-refractivity contribution in [3.05, 3.63) is 60.2 Å². The largest absolute Gasteiger partial charge is 0.349 e. The Hall–Kier alpha value is -2.13. The summed E-state index contributed by atoms with van der Waals surface area (Å²) in [6.45, 7) is 6.57. The highest BCUT2D eigenvalue weighted by molar-refractivity contribution is 5.79. The Bertz CT molecular complexity index is 634. The lowest BCUT2D eigenvalue weighted by Crippen LogP contribution is -2.55. The maximum atomic E-state index is 12.3. The smallest absolute Gasteiger partial charge is 0.224 e. The summed E-state index contributed by atoms with van der Waals surface area (Å²) in [7, 11) is 0. The molecule has 1 unspecified atom stereocenters. The molecule has 0 saturated heterocycles. The molecule has 3 N–H and O–H groups in total. The van der Waals surface area contributed by atoms with E-state index in [0.717, 1.165) is 11.1 Å². The number of nitrogens with one attached hydrogen (secondary N) is 1. The Morgan fingerprint density at radius 2 is 1.61 bits per heavy atom. The topological polar surface area (TPSA) is 55.1 Å². The SMILES string of the molecule is CC(C)C(C)(CN)NC(=O)Cc1ccc(-c2ccccc2)cc1. The number of carbonyl (C=O) groups is 1. The van der Waals surface area contributed by atoms with Gasteiger partial charge in [0.05, 0.1) is 12.0 Å². The molecule has 0 fully saturated rings. The molecular formula is C20H26N2O. The highest BCUT2D eigenvalue weighted by atomic mass is 16.1. The van der Waals surface area contributed by atoms with Crippen molar-refractivity contribution in [1.82, 2.24) is 5.32 Å². The van der Waals surface area contributed by atoms with Crippen molar-refractivity contribution in [3.8, 4) is 11.1 Å². The van der Waals surface area contributed by atoms with E-state index in [-0.39, 0.29) is 17.4 Å². The van der Waals surface area contributed by atoms with Crippen LogP contribution < -0.4 is 11.1 Å². The summed E-state index contributed by atoms with van der Waals surface area (Å²) in [5.41, 5.74) is 8.80. The summed E-state index contributed by atoms with van der Waals surface area (Å²) in [5.74, 6) is 0.302. The van der Waals surface area contributed by atoms with Crippen LogP contribution in [-0.4, -0.2) is 18.0 Å². The van der Waals surface area contributed by atoms with Crippen molar-refractivity contribution < 1.29 is 4.79 Å². The van der Waals surface area contributed by atoms with Gasteiger partial charge in [0.2, 0.25) is 5.91 Å². The summed E-state index contributed by atoms with van der Waals surface area (Å²) in [6.07, 6.45) is 0.372. The molecular weight excluding hydrogens is 284 g/mol. The molecule has 0 bridgehead atoms. The van der Waals surface area contributed by atoms with Crippen molar-refractivity contribution in [2.45, 2.75) is 32.7 Å². The Labute approximate surface area is 138 Å². The molecule has 2 aromatic carbocycles. The maximum absolute atomic E-state index is 12.3.